The Hall–Kier alpha value is -2.63. The van der Waals surface area contributed by atoms with Crippen LogP contribution in [0.25, 0.3) is 0 Å². The van der Waals surface area contributed by atoms with Crippen molar-refractivity contribution in [3.8, 4) is 0 Å². The molecule has 0 heterocycles. The van der Waals surface area contributed by atoms with Crippen LogP contribution in [0.5, 0.6) is 0 Å². The molecule has 3 saturated carbocycles. The number of allylic oxidation sites excluding steroid dienone is 1. The van der Waals surface area contributed by atoms with Gasteiger partial charge >= 0.3 is 11.9 Å². The van der Waals surface area contributed by atoms with E-state index in [2.05, 4.69) is 40.7 Å². The lowest BCUT2D eigenvalue weighted by Gasteiger charge is -2.60. The second-order valence-electron chi connectivity index (χ2n) is 14.9. The van der Waals surface area contributed by atoms with E-state index >= 15 is 0 Å². The Balaban J connectivity index is 1.27. The van der Waals surface area contributed by atoms with E-state index in [0.29, 0.717) is 48.0 Å². The minimum absolute atomic E-state index is 0.0883. The summed E-state index contributed by atoms with van der Waals surface area (Å²) in [6, 6.07) is 9.31. The number of hydrogen-bond donors (Lipinski definition) is 0. The summed E-state index contributed by atoms with van der Waals surface area (Å²) in [5.41, 5.74) is 2.00. The molecule has 1 aromatic carbocycles. The number of ether oxygens (including phenoxy) is 3. The van der Waals surface area contributed by atoms with Gasteiger partial charge in [-0.15, -0.1) is 0 Å². The lowest BCUT2D eigenvalue weighted by Crippen LogP contribution is -2.56. The summed E-state index contributed by atoms with van der Waals surface area (Å²) in [6.07, 6.45) is 11.0. The van der Waals surface area contributed by atoms with E-state index in [1.807, 2.05) is 30.3 Å². The zero-order valence-electron chi connectivity index (χ0n) is 27.1. The third-order valence-corrected chi connectivity index (χ3v) is 12.4. The highest BCUT2D eigenvalue weighted by molar-refractivity contribution is 5.89. The topological polar surface area (TPSA) is 78.9 Å². The van der Waals surface area contributed by atoms with Crippen molar-refractivity contribution in [2.24, 2.45) is 46.3 Å². The first-order valence-electron chi connectivity index (χ1n) is 16.7. The number of carbonyl (C=O) groups excluding carboxylic acids is 3. The fourth-order valence-electron chi connectivity index (χ4n) is 10.2. The van der Waals surface area contributed by atoms with Crippen LogP contribution in [0.2, 0.25) is 0 Å². The molecule has 0 bridgehead atoms. The van der Waals surface area contributed by atoms with Gasteiger partial charge in [0.15, 0.2) is 0 Å². The molecular weight excluding hydrogens is 540 g/mol. The molecule has 0 amide bonds. The average Bonchev–Trinajstić information content (AvgIpc) is 3.33. The van der Waals surface area contributed by atoms with Crippen molar-refractivity contribution in [3.63, 3.8) is 0 Å². The summed E-state index contributed by atoms with van der Waals surface area (Å²) in [6.45, 7) is 13.6. The number of carbonyl (C=O) groups is 3. The molecule has 6 heteroatoms. The molecule has 1 aromatic rings. The number of hydrogen-bond acceptors (Lipinski definition) is 6. The number of esters is 2. The van der Waals surface area contributed by atoms with Gasteiger partial charge < -0.3 is 14.2 Å². The van der Waals surface area contributed by atoms with Crippen molar-refractivity contribution in [1.29, 1.82) is 0 Å². The fourth-order valence-corrected chi connectivity index (χ4v) is 10.2. The standard InChI is InChI=1S/C37H52O6/c1-23(2)33(43-35(40)26-10-8-7-9-11-26)17-12-24(3)30-15-16-31-29-14-13-27-20-28(42-25(4)39)21-34(41-22-38)37(27,6)32(29)18-19-36(30,31)5/h7-11,13,22-24,28-34H,12,14-21H2,1-6H3/t24-,28-,29+,30-,31+,32+,33+,34+,36-,37+/m1/s1. The van der Waals surface area contributed by atoms with Crippen LogP contribution in [0.15, 0.2) is 42.0 Å². The first kappa shape index (κ1) is 31.8. The third kappa shape index (κ3) is 6.04. The van der Waals surface area contributed by atoms with Crippen LogP contribution in [0.3, 0.4) is 0 Å². The maximum Gasteiger partial charge on any atom is 0.338 e. The van der Waals surface area contributed by atoms with Gasteiger partial charge in [0.1, 0.15) is 18.3 Å². The van der Waals surface area contributed by atoms with Gasteiger partial charge in [-0.3, -0.25) is 9.59 Å². The van der Waals surface area contributed by atoms with Gasteiger partial charge in [-0.1, -0.05) is 64.5 Å². The summed E-state index contributed by atoms with van der Waals surface area (Å²) < 4.78 is 17.4. The summed E-state index contributed by atoms with van der Waals surface area (Å²) in [4.78, 5) is 36.2. The lowest BCUT2D eigenvalue weighted by molar-refractivity contribution is -0.164. The van der Waals surface area contributed by atoms with Crippen molar-refractivity contribution in [2.45, 2.75) is 118 Å². The van der Waals surface area contributed by atoms with Crippen LogP contribution in [-0.4, -0.2) is 36.7 Å². The van der Waals surface area contributed by atoms with Crippen LogP contribution >= 0.6 is 0 Å². The first-order chi connectivity index (χ1) is 20.5. The van der Waals surface area contributed by atoms with E-state index in [0.717, 1.165) is 32.1 Å². The van der Waals surface area contributed by atoms with Gasteiger partial charge in [-0.25, -0.2) is 4.79 Å². The molecule has 4 aliphatic rings. The molecule has 43 heavy (non-hydrogen) atoms. The van der Waals surface area contributed by atoms with Crippen LogP contribution in [0, 0.1) is 46.3 Å². The number of fused-ring (bicyclic) bond motifs is 5. The molecular formula is C37H52O6. The van der Waals surface area contributed by atoms with Gasteiger partial charge in [0.25, 0.3) is 6.47 Å². The molecule has 0 aliphatic heterocycles. The van der Waals surface area contributed by atoms with Crippen molar-refractivity contribution >= 4 is 18.4 Å². The van der Waals surface area contributed by atoms with E-state index in [9.17, 15) is 14.4 Å². The molecule has 0 aromatic heterocycles. The minimum Gasteiger partial charge on any atom is -0.463 e. The van der Waals surface area contributed by atoms with Crippen LogP contribution in [-0.2, 0) is 23.8 Å². The third-order valence-electron chi connectivity index (χ3n) is 12.4. The smallest absolute Gasteiger partial charge is 0.338 e. The highest BCUT2D eigenvalue weighted by atomic mass is 16.6. The monoisotopic (exact) mass is 592 g/mol. The van der Waals surface area contributed by atoms with E-state index in [1.54, 1.807) is 0 Å². The molecule has 6 nitrogen and oxygen atoms in total. The highest BCUT2D eigenvalue weighted by Gasteiger charge is 2.62. The Morgan fingerprint density at radius 3 is 2.44 bits per heavy atom. The van der Waals surface area contributed by atoms with Gasteiger partial charge in [-0.2, -0.15) is 0 Å². The Kier molecular flexibility index (Phi) is 9.44. The van der Waals surface area contributed by atoms with Crippen LogP contribution in [0.4, 0.5) is 0 Å². The second-order valence-corrected chi connectivity index (χ2v) is 14.9. The average molecular weight is 593 g/mol. The number of benzene rings is 1. The van der Waals surface area contributed by atoms with Gasteiger partial charge in [-0.05, 0) is 98.0 Å². The maximum atomic E-state index is 12.8. The SMILES string of the molecule is CC(=O)O[C@@H]1CC2=CC[C@H]3[C@@H]4CC[C@H]([C@H](C)CC[C@H](OC(=O)c5ccccc5)C(C)C)[C@@]4(C)CC[C@@H]3[C@@]2(C)[C@@H](OC=O)C1. The zero-order valence-corrected chi connectivity index (χ0v) is 27.1. The summed E-state index contributed by atoms with van der Waals surface area (Å²) in [5, 5.41) is 0. The van der Waals surface area contributed by atoms with Gasteiger partial charge in [0.05, 0.1) is 5.56 Å². The molecule has 0 spiro atoms. The molecule has 0 saturated heterocycles. The zero-order chi connectivity index (χ0) is 30.9. The van der Waals surface area contributed by atoms with E-state index in [1.165, 1.54) is 31.8 Å². The van der Waals surface area contributed by atoms with Crippen molar-refractivity contribution in [1.82, 2.24) is 0 Å². The highest BCUT2D eigenvalue weighted by Crippen LogP contribution is 2.67. The fraction of sp³-hybridized carbons (Fsp3) is 0.703. The quantitative estimate of drug-likeness (QED) is 0.119. The van der Waals surface area contributed by atoms with E-state index < -0.39 is 0 Å². The summed E-state index contributed by atoms with van der Waals surface area (Å²) >= 11 is 0. The Morgan fingerprint density at radius 1 is 1.02 bits per heavy atom. The molecule has 5 rings (SSSR count). The normalized spacial score (nSPS) is 36.3. The van der Waals surface area contributed by atoms with E-state index in [-0.39, 0.29) is 47.0 Å². The Morgan fingerprint density at radius 2 is 1.77 bits per heavy atom. The van der Waals surface area contributed by atoms with Crippen molar-refractivity contribution in [3.05, 3.63) is 47.5 Å². The molecule has 10 atom stereocenters. The van der Waals surface area contributed by atoms with Crippen LogP contribution < -0.4 is 0 Å². The molecule has 0 unspecified atom stereocenters. The summed E-state index contributed by atoms with van der Waals surface area (Å²) in [7, 11) is 0. The van der Waals surface area contributed by atoms with Crippen molar-refractivity contribution < 1.29 is 28.6 Å². The minimum atomic E-state index is -0.277. The number of rotatable bonds is 10. The van der Waals surface area contributed by atoms with E-state index in [4.69, 9.17) is 14.2 Å². The lowest BCUT2D eigenvalue weighted by atomic mass is 9.46. The second kappa shape index (κ2) is 12.8. The largest absolute Gasteiger partial charge is 0.463 e. The van der Waals surface area contributed by atoms with Gasteiger partial charge in [0, 0.05) is 25.2 Å². The van der Waals surface area contributed by atoms with Crippen molar-refractivity contribution in [2.75, 3.05) is 0 Å². The van der Waals surface area contributed by atoms with Crippen LogP contribution in [0.1, 0.15) is 110 Å². The first-order valence-corrected chi connectivity index (χ1v) is 16.7. The molecule has 0 radical (unpaired) electrons. The predicted molar refractivity (Wildman–Crippen MR) is 166 cm³/mol. The Labute approximate surface area is 258 Å². The molecule has 236 valence electrons. The molecule has 3 fully saturated rings. The predicted octanol–water partition coefficient (Wildman–Crippen LogP) is 7.95. The maximum absolute atomic E-state index is 12.8. The Bertz CT molecular complexity index is 1190. The van der Waals surface area contributed by atoms with Gasteiger partial charge in [0.2, 0.25) is 0 Å². The summed E-state index contributed by atoms with van der Waals surface area (Å²) in [5.74, 6) is 2.65. The molecule has 4 aliphatic carbocycles. The molecule has 0 N–H and O–H groups in total.